The summed E-state index contributed by atoms with van der Waals surface area (Å²) < 4.78 is 23.3. The molecule has 0 saturated heterocycles. The Morgan fingerprint density at radius 3 is 3.07 bits per heavy atom. The van der Waals surface area contributed by atoms with Crippen molar-refractivity contribution in [3.05, 3.63) is 30.0 Å². The van der Waals surface area contributed by atoms with Crippen LogP contribution < -0.4 is 5.73 Å². The van der Waals surface area contributed by atoms with Crippen LogP contribution in [0.3, 0.4) is 0 Å². The van der Waals surface area contributed by atoms with Gasteiger partial charge in [0.15, 0.2) is 11.3 Å². The lowest BCUT2D eigenvalue weighted by Gasteiger charge is -2.05. The highest BCUT2D eigenvalue weighted by molar-refractivity contribution is 5.79. The summed E-state index contributed by atoms with van der Waals surface area (Å²) in [7, 11) is 0. The van der Waals surface area contributed by atoms with E-state index in [1.54, 1.807) is 24.3 Å². The highest BCUT2D eigenvalue weighted by atomic mass is 19.1. The summed E-state index contributed by atoms with van der Waals surface area (Å²) in [5, 5.41) is 4.26. The molecule has 0 aliphatic rings. The SMILES string of the molecule is NCCOC(F)c1noc2ccccc12. The number of fused-ring (bicyclic) bond motifs is 1. The van der Waals surface area contributed by atoms with E-state index in [1.165, 1.54) is 0 Å². The highest BCUT2D eigenvalue weighted by Crippen LogP contribution is 2.26. The molecule has 1 aromatic carbocycles. The maximum absolute atomic E-state index is 13.5. The maximum Gasteiger partial charge on any atom is 0.246 e. The van der Waals surface area contributed by atoms with Gasteiger partial charge in [-0.3, -0.25) is 0 Å². The zero-order chi connectivity index (χ0) is 10.7. The van der Waals surface area contributed by atoms with Crippen molar-refractivity contribution in [3.8, 4) is 0 Å². The lowest BCUT2D eigenvalue weighted by Crippen LogP contribution is -2.10. The van der Waals surface area contributed by atoms with Gasteiger partial charge in [0.1, 0.15) is 0 Å². The molecule has 0 aliphatic heterocycles. The molecule has 1 atom stereocenters. The van der Waals surface area contributed by atoms with Gasteiger partial charge in [-0.15, -0.1) is 0 Å². The standard InChI is InChI=1S/C10H11FN2O2/c11-10(14-6-5-12)9-7-3-1-2-4-8(7)15-13-9/h1-4,10H,5-6,12H2. The van der Waals surface area contributed by atoms with Gasteiger partial charge in [-0.2, -0.15) is 0 Å². The molecule has 1 heterocycles. The molecule has 0 aliphatic carbocycles. The maximum atomic E-state index is 13.5. The first-order valence-corrected chi connectivity index (χ1v) is 4.63. The van der Waals surface area contributed by atoms with Crippen LogP contribution in [0.5, 0.6) is 0 Å². The average Bonchev–Trinajstić information content (AvgIpc) is 2.69. The van der Waals surface area contributed by atoms with Crippen LogP contribution in [0.2, 0.25) is 0 Å². The average molecular weight is 210 g/mol. The number of para-hydroxylation sites is 1. The second-order valence-electron chi connectivity index (χ2n) is 3.04. The number of hydrogen-bond donors (Lipinski definition) is 1. The normalized spacial score (nSPS) is 13.2. The van der Waals surface area contributed by atoms with Crippen LogP contribution in [0.25, 0.3) is 11.0 Å². The van der Waals surface area contributed by atoms with E-state index in [2.05, 4.69) is 5.16 Å². The van der Waals surface area contributed by atoms with Crippen molar-refractivity contribution in [1.82, 2.24) is 5.16 Å². The van der Waals surface area contributed by atoms with E-state index in [1.807, 2.05) is 0 Å². The largest absolute Gasteiger partial charge is 0.356 e. The van der Waals surface area contributed by atoms with E-state index in [0.29, 0.717) is 11.0 Å². The van der Waals surface area contributed by atoms with Crippen molar-refractivity contribution < 1.29 is 13.7 Å². The van der Waals surface area contributed by atoms with Crippen LogP contribution >= 0.6 is 0 Å². The Labute approximate surface area is 85.8 Å². The summed E-state index contributed by atoms with van der Waals surface area (Å²) >= 11 is 0. The van der Waals surface area contributed by atoms with Gasteiger partial charge in [0.05, 0.1) is 12.0 Å². The lowest BCUT2D eigenvalue weighted by molar-refractivity contribution is -0.0407. The number of nitrogens with two attached hydrogens (primary N) is 1. The van der Waals surface area contributed by atoms with Crippen LogP contribution in [0.15, 0.2) is 28.8 Å². The van der Waals surface area contributed by atoms with Crippen LogP contribution in [0.1, 0.15) is 12.1 Å². The summed E-state index contributed by atoms with van der Waals surface area (Å²) in [6.07, 6.45) is -1.59. The molecular formula is C10H11FN2O2. The molecule has 1 aromatic heterocycles. The molecule has 0 fully saturated rings. The zero-order valence-corrected chi connectivity index (χ0v) is 8.02. The third-order valence-electron chi connectivity index (χ3n) is 2.00. The fourth-order valence-corrected chi connectivity index (χ4v) is 1.32. The molecule has 0 spiro atoms. The van der Waals surface area contributed by atoms with Crippen molar-refractivity contribution in [3.63, 3.8) is 0 Å². The molecule has 5 heteroatoms. The highest BCUT2D eigenvalue weighted by Gasteiger charge is 2.18. The molecular weight excluding hydrogens is 199 g/mol. The van der Waals surface area contributed by atoms with Crippen molar-refractivity contribution >= 4 is 11.0 Å². The number of rotatable bonds is 4. The Balaban J connectivity index is 2.27. The molecule has 0 radical (unpaired) electrons. The Morgan fingerprint density at radius 2 is 2.27 bits per heavy atom. The van der Waals surface area contributed by atoms with E-state index in [0.717, 1.165) is 0 Å². The van der Waals surface area contributed by atoms with Crippen LogP contribution in [0.4, 0.5) is 4.39 Å². The number of hydrogen-bond acceptors (Lipinski definition) is 4. The van der Waals surface area contributed by atoms with E-state index in [-0.39, 0.29) is 18.8 Å². The number of benzene rings is 1. The van der Waals surface area contributed by atoms with Gasteiger partial charge >= 0.3 is 0 Å². The monoisotopic (exact) mass is 210 g/mol. The van der Waals surface area contributed by atoms with Crippen molar-refractivity contribution in [2.24, 2.45) is 5.73 Å². The first-order valence-electron chi connectivity index (χ1n) is 4.63. The third-order valence-corrected chi connectivity index (χ3v) is 2.00. The van der Waals surface area contributed by atoms with E-state index in [4.69, 9.17) is 15.0 Å². The predicted octanol–water partition coefficient (Wildman–Crippen LogP) is 1.77. The third kappa shape index (κ3) is 1.98. The van der Waals surface area contributed by atoms with E-state index >= 15 is 0 Å². The molecule has 4 nitrogen and oxygen atoms in total. The molecule has 2 N–H and O–H groups in total. The van der Waals surface area contributed by atoms with Gasteiger partial charge in [-0.05, 0) is 12.1 Å². The molecule has 0 bridgehead atoms. The van der Waals surface area contributed by atoms with Gasteiger partial charge in [0, 0.05) is 6.54 Å². The summed E-state index contributed by atoms with van der Waals surface area (Å²) in [6.45, 7) is 0.429. The summed E-state index contributed by atoms with van der Waals surface area (Å²) in [5.41, 5.74) is 5.92. The number of nitrogens with zero attached hydrogens (tertiary/aromatic N) is 1. The van der Waals surface area contributed by atoms with E-state index < -0.39 is 6.36 Å². The molecule has 0 saturated carbocycles. The van der Waals surface area contributed by atoms with Gasteiger partial charge in [0.2, 0.25) is 6.36 Å². The topological polar surface area (TPSA) is 61.3 Å². The number of halogens is 1. The summed E-state index contributed by atoms with van der Waals surface area (Å²) in [6, 6.07) is 7.05. The van der Waals surface area contributed by atoms with Crippen LogP contribution in [-0.2, 0) is 4.74 Å². The minimum atomic E-state index is -1.59. The van der Waals surface area contributed by atoms with Gasteiger partial charge in [0.25, 0.3) is 0 Å². The number of alkyl halides is 1. The minimum absolute atomic E-state index is 0.155. The Bertz CT molecular complexity index is 444. The summed E-state index contributed by atoms with van der Waals surface area (Å²) in [5.74, 6) is 0. The first kappa shape index (κ1) is 10.1. The van der Waals surface area contributed by atoms with Crippen LogP contribution in [0, 0.1) is 0 Å². The van der Waals surface area contributed by atoms with Gasteiger partial charge in [-0.1, -0.05) is 17.3 Å². The second-order valence-corrected chi connectivity index (χ2v) is 3.04. The fourth-order valence-electron chi connectivity index (χ4n) is 1.32. The summed E-state index contributed by atoms with van der Waals surface area (Å²) in [4.78, 5) is 0. The van der Waals surface area contributed by atoms with Crippen molar-refractivity contribution in [1.29, 1.82) is 0 Å². The molecule has 15 heavy (non-hydrogen) atoms. The Kier molecular flexibility index (Phi) is 2.94. The lowest BCUT2D eigenvalue weighted by atomic mass is 10.2. The zero-order valence-electron chi connectivity index (χ0n) is 8.02. The van der Waals surface area contributed by atoms with Gasteiger partial charge in [-0.25, -0.2) is 4.39 Å². The van der Waals surface area contributed by atoms with E-state index in [9.17, 15) is 4.39 Å². The quantitative estimate of drug-likeness (QED) is 0.835. The fraction of sp³-hybridized carbons (Fsp3) is 0.300. The van der Waals surface area contributed by atoms with Crippen molar-refractivity contribution in [2.45, 2.75) is 6.36 Å². The predicted molar refractivity (Wildman–Crippen MR) is 52.9 cm³/mol. The smallest absolute Gasteiger partial charge is 0.246 e. The molecule has 0 amide bonds. The second kappa shape index (κ2) is 4.37. The Morgan fingerprint density at radius 1 is 1.47 bits per heavy atom. The number of ether oxygens (including phenoxy) is 1. The minimum Gasteiger partial charge on any atom is -0.356 e. The molecule has 2 rings (SSSR count). The Hall–Kier alpha value is -1.46. The molecule has 2 aromatic rings. The number of aromatic nitrogens is 1. The van der Waals surface area contributed by atoms with Crippen molar-refractivity contribution in [2.75, 3.05) is 13.2 Å². The first-order chi connectivity index (χ1) is 7.33. The van der Waals surface area contributed by atoms with Crippen LogP contribution in [-0.4, -0.2) is 18.3 Å². The van der Waals surface area contributed by atoms with Gasteiger partial charge < -0.3 is 15.0 Å². The molecule has 1 unspecified atom stereocenters. The molecule has 80 valence electrons.